The summed E-state index contributed by atoms with van der Waals surface area (Å²) in [5.41, 5.74) is 6.44. The highest BCUT2D eigenvalue weighted by Crippen LogP contribution is 2.27. The summed E-state index contributed by atoms with van der Waals surface area (Å²) in [6, 6.07) is 17.3. The van der Waals surface area contributed by atoms with Crippen molar-refractivity contribution in [2.45, 2.75) is 19.9 Å². The Morgan fingerprint density at radius 2 is 2.00 bits per heavy atom. The molecule has 1 aliphatic heterocycles. The van der Waals surface area contributed by atoms with Gasteiger partial charge in [0.25, 0.3) is 0 Å². The Labute approximate surface area is 153 Å². The zero-order valence-electron chi connectivity index (χ0n) is 14.5. The molecule has 0 atom stereocenters. The Hall–Kier alpha value is -2.23. The van der Waals surface area contributed by atoms with Crippen LogP contribution in [0, 0.1) is 6.92 Å². The van der Waals surface area contributed by atoms with E-state index < -0.39 is 0 Å². The topological polar surface area (TPSA) is 16.1 Å². The lowest BCUT2D eigenvalue weighted by Crippen LogP contribution is -2.28. The molecule has 0 fully saturated rings. The number of hydrogen-bond donors (Lipinski definition) is 0. The van der Waals surface area contributed by atoms with E-state index in [0.717, 1.165) is 31.7 Å². The van der Waals surface area contributed by atoms with Crippen molar-refractivity contribution in [3.63, 3.8) is 0 Å². The maximum absolute atomic E-state index is 4.59. The molecule has 4 rings (SSSR count). The van der Waals surface area contributed by atoms with Gasteiger partial charge in [0.05, 0.1) is 5.69 Å². The first kappa shape index (κ1) is 16.2. The van der Waals surface area contributed by atoms with E-state index in [2.05, 4.69) is 76.8 Å². The van der Waals surface area contributed by atoms with Crippen molar-refractivity contribution in [3.05, 3.63) is 82.3 Å². The Kier molecular flexibility index (Phi) is 4.77. The summed E-state index contributed by atoms with van der Waals surface area (Å²) < 4.78 is 0. The van der Waals surface area contributed by atoms with Crippen molar-refractivity contribution in [2.75, 3.05) is 13.1 Å². The number of aryl methyl sites for hydroxylation is 1. The van der Waals surface area contributed by atoms with Gasteiger partial charge < -0.3 is 0 Å². The lowest BCUT2D eigenvalue weighted by Gasteiger charge is -2.25. The number of benzene rings is 1. The second kappa shape index (κ2) is 7.34. The predicted octanol–water partition coefficient (Wildman–Crippen LogP) is 5.41. The third kappa shape index (κ3) is 3.89. The molecule has 0 aliphatic carbocycles. The molecule has 0 bridgehead atoms. The Balaban J connectivity index is 1.46. The summed E-state index contributed by atoms with van der Waals surface area (Å²) >= 11 is 1.84. The quantitative estimate of drug-likeness (QED) is 0.628. The van der Waals surface area contributed by atoms with Gasteiger partial charge in [-0.25, -0.2) is 0 Å². The second-order valence-electron chi connectivity index (χ2n) is 6.60. The molecule has 25 heavy (non-hydrogen) atoms. The molecule has 1 aliphatic rings. The zero-order valence-corrected chi connectivity index (χ0v) is 15.3. The number of aromatic nitrogens is 1. The highest BCUT2D eigenvalue weighted by atomic mass is 32.1. The standard InChI is InChI=1S/C22H22N2S/c1-17-4-2-5-19(14-17)20-7-10-23-21(15-20)16-24-11-8-18(9-12-24)22-6-3-13-25-22/h2-8,10,13-15H,9,11-12,16H2,1H3. The van der Waals surface area contributed by atoms with Gasteiger partial charge in [0.2, 0.25) is 0 Å². The van der Waals surface area contributed by atoms with E-state index in [4.69, 9.17) is 0 Å². The molecule has 0 radical (unpaired) electrons. The van der Waals surface area contributed by atoms with Crippen molar-refractivity contribution in [2.24, 2.45) is 0 Å². The lowest BCUT2D eigenvalue weighted by atomic mass is 10.0. The Bertz CT molecular complexity index is 881. The van der Waals surface area contributed by atoms with Crippen molar-refractivity contribution in [1.82, 2.24) is 9.88 Å². The summed E-state index contributed by atoms with van der Waals surface area (Å²) in [4.78, 5) is 8.48. The van der Waals surface area contributed by atoms with Crippen molar-refractivity contribution in [1.29, 1.82) is 0 Å². The van der Waals surface area contributed by atoms with Crippen LogP contribution in [0.1, 0.15) is 22.6 Å². The minimum Gasteiger partial charge on any atom is -0.294 e. The number of rotatable bonds is 4. The van der Waals surface area contributed by atoms with E-state index >= 15 is 0 Å². The fourth-order valence-electron chi connectivity index (χ4n) is 3.34. The maximum atomic E-state index is 4.59. The molecule has 0 spiro atoms. The molecule has 3 aromatic rings. The number of hydrogen-bond acceptors (Lipinski definition) is 3. The van der Waals surface area contributed by atoms with Crippen molar-refractivity contribution in [3.8, 4) is 11.1 Å². The maximum Gasteiger partial charge on any atom is 0.0550 e. The smallest absolute Gasteiger partial charge is 0.0550 e. The molecule has 3 heteroatoms. The SMILES string of the molecule is Cc1cccc(-c2ccnc(CN3CC=C(c4cccs4)CC3)c2)c1. The third-order valence-electron chi connectivity index (χ3n) is 4.68. The predicted molar refractivity (Wildman–Crippen MR) is 107 cm³/mol. The average Bonchev–Trinajstić information content (AvgIpc) is 3.17. The van der Waals surface area contributed by atoms with Crippen LogP contribution in [0.4, 0.5) is 0 Å². The fraction of sp³-hybridized carbons (Fsp3) is 0.227. The van der Waals surface area contributed by atoms with Crippen LogP contribution in [-0.2, 0) is 6.54 Å². The zero-order chi connectivity index (χ0) is 17.1. The third-order valence-corrected chi connectivity index (χ3v) is 5.63. The van der Waals surface area contributed by atoms with Crippen LogP contribution in [0.5, 0.6) is 0 Å². The van der Waals surface area contributed by atoms with Gasteiger partial charge in [-0.2, -0.15) is 0 Å². The fourth-order valence-corrected chi connectivity index (χ4v) is 4.14. The van der Waals surface area contributed by atoms with Gasteiger partial charge in [-0.05, 0) is 53.6 Å². The van der Waals surface area contributed by atoms with E-state index in [1.54, 1.807) is 0 Å². The van der Waals surface area contributed by atoms with E-state index in [1.165, 1.54) is 27.1 Å². The van der Waals surface area contributed by atoms with E-state index in [1.807, 2.05) is 17.5 Å². The van der Waals surface area contributed by atoms with Gasteiger partial charge >= 0.3 is 0 Å². The first-order chi connectivity index (χ1) is 12.3. The Morgan fingerprint density at radius 3 is 2.76 bits per heavy atom. The molecule has 2 nitrogen and oxygen atoms in total. The average molecular weight is 346 g/mol. The van der Waals surface area contributed by atoms with Gasteiger partial charge in [-0.3, -0.25) is 9.88 Å². The normalized spacial score (nSPS) is 15.2. The summed E-state index contributed by atoms with van der Waals surface area (Å²) in [7, 11) is 0. The summed E-state index contributed by atoms with van der Waals surface area (Å²) in [6.45, 7) is 5.15. The molecule has 2 aromatic heterocycles. The van der Waals surface area contributed by atoms with Crippen LogP contribution in [-0.4, -0.2) is 23.0 Å². The van der Waals surface area contributed by atoms with Crippen LogP contribution < -0.4 is 0 Å². The molecule has 0 N–H and O–H groups in total. The first-order valence-electron chi connectivity index (χ1n) is 8.75. The van der Waals surface area contributed by atoms with Crippen molar-refractivity contribution >= 4 is 16.9 Å². The van der Waals surface area contributed by atoms with Crippen LogP contribution in [0.25, 0.3) is 16.7 Å². The second-order valence-corrected chi connectivity index (χ2v) is 7.54. The molecule has 0 saturated carbocycles. The molecular formula is C22H22N2S. The number of thiophene rings is 1. The van der Waals surface area contributed by atoms with E-state index in [-0.39, 0.29) is 0 Å². The minimum absolute atomic E-state index is 0.911. The summed E-state index contributed by atoms with van der Waals surface area (Å²) in [5.74, 6) is 0. The Morgan fingerprint density at radius 1 is 1.08 bits per heavy atom. The minimum atomic E-state index is 0.911. The van der Waals surface area contributed by atoms with Crippen LogP contribution in [0.2, 0.25) is 0 Å². The van der Waals surface area contributed by atoms with Gasteiger partial charge in [0, 0.05) is 30.7 Å². The molecule has 3 heterocycles. The first-order valence-corrected chi connectivity index (χ1v) is 9.63. The van der Waals surface area contributed by atoms with E-state index in [0.29, 0.717) is 0 Å². The summed E-state index contributed by atoms with van der Waals surface area (Å²) in [5, 5.41) is 2.16. The molecule has 0 saturated heterocycles. The number of nitrogens with zero attached hydrogens (tertiary/aromatic N) is 2. The van der Waals surface area contributed by atoms with Gasteiger partial charge in [-0.1, -0.05) is 42.0 Å². The highest BCUT2D eigenvalue weighted by Gasteiger charge is 2.14. The molecule has 0 unspecified atom stereocenters. The molecule has 126 valence electrons. The van der Waals surface area contributed by atoms with E-state index in [9.17, 15) is 0 Å². The molecule has 1 aromatic carbocycles. The van der Waals surface area contributed by atoms with Crippen LogP contribution in [0.3, 0.4) is 0 Å². The molecule has 0 amide bonds. The molecular weight excluding hydrogens is 324 g/mol. The van der Waals surface area contributed by atoms with Gasteiger partial charge in [0.1, 0.15) is 0 Å². The summed E-state index contributed by atoms with van der Waals surface area (Å²) in [6.07, 6.45) is 5.43. The van der Waals surface area contributed by atoms with Crippen molar-refractivity contribution < 1.29 is 0 Å². The van der Waals surface area contributed by atoms with Gasteiger partial charge in [0.15, 0.2) is 0 Å². The lowest BCUT2D eigenvalue weighted by molar-refractivity contribution is 0.290. The van der Waals surface area contributed by atoms with Gasteiger partial charge in [-0.15, -0.1) is 11.3 Å². The number of pyridine rings is 1. The van der Waals surface area contributed by atoms with Crippen LogP contribution >= 0.6 is 11.3 Å². The highest BCUT2D eigenvalue weighted by molar-refractivity contribution is 7.11. The monoisotopic (exact) mass is 346 g/mol. The largest absolute Gasteiger partial charge is 0.294 e. The van der Waals surface area contributed by atoms with Crippen LogP contribution in [0.15, 0.2) is 66.2 Å².